The van der Waals surface area contributed by atoms with Crippen molar-refractivity contribution in [1.82, 2.24) is 5.32 Å². The van der Waals surface area contributed by atoms with Gasteiger partial charge in [0.25, 0.3) is 5.91 Å². The van der Waals surface area contributed by atoms with E-state index in [-0.39, 0.29) is 24.4 Å². The van der Waals surface area contributed by atoms with Crippen LogP contribution in [0, 0.1) is 0 Å². The third-order valence-electron chi connectivity index (χ3n) is 1.77. The van der Waals surface area contributed by atoms with Crippen LogP contribution in [0.5, 0.6) is 0 Å². The molecule has 3 nitrogen and oxygen atoms in total. The summed E-state index contributed by atoms with van der Waals surface area (Å²) in [6.07, 6.45) is 0. The zero-order chi connectivity index (χ0) is 9.68. The van der Waals surface area contributed by atoms with Crippen LogP contribution in [0.25, 0.3) is 0 Å². The van der Waals surface area contributed by atoms with Crippen LogP contribution in [-0.2, 0) is 0 Å². The van der Waals surface area contributed by atoms with Crippen LogP contribution in [0.4, 0.5) is 0 Å². The first kappa shape index (κ1) is 12.9. The Bertz CT molecular complexity index is 277. The predicted octanol–water partition coefficient (Wildman–Crippen LogP) is 1.19. The standard InChI is InChI=1S/C10H14N2O.ClH/c1-8(7-11)12-10(13)9-5-3-2-4-6-9;/h2-6,8H,7,11H2,1H3,(H,12,13);1H/t8-;/m0./s1. The van der Waals surface area contributed by atoms with Crippen molar-refractivity contribution in [3.63, 3.8) is 0 Å². The van der Waals surface area contributed by atoms with Gasteiger partial charge in [-0.1, -0.05) is 18.2 Å². The maximum absolute atomic E-state index is 11.4. The highest BCUT2D eigenvalue weighted by atomic mass is 35.5. The van der Waals surface area contributed by atoms with E-state index in [0.29, 0.717) is 12.1 Å². The molecule has 0 radical (unpaired) electrons. The molecule has 0 spiro atoms. The molecule has 0 unspecified atom stereocenters. The Morgan fingerprint density at radius 2 is 2.00 bits per heavy atom. The van der Waals surface area contributed by atoms with Gasteiger partial charge in [-0.3, -0.25) is 4.79 Å². The predicted molar refractivity (Wildman–Crippen MR) is 59.7 cm³/mol. The van der Waals surface area contributed by atoms with Crippen molar-refractivity contribution in [2.24, 2.45) is 5.73 Å². The van der Waals surface area contributed by atoms with Crippen LogP contribution in [0.3, 0.4) is 0 Å². The summed E-state index contributed by atoms with van der Waals surface area (Å²) in [5.74, 6) is -0.0708. The number of hydrogen-bond donors (Lipinski definition) is 2. The lowest BCUT2D eigenvalue weighted by atomic mass is 10.2. The minimum Gasteiger partial charge on any atom is -0.348 e. The number of nitrogens with two attached hydrogens (primary N) is 1. The quantitative estimate of drug-likeness (QED) is 0.794. The number of carbonyl (C=O) groups is 1. The van der Waals surface area contributed by atoms with Gasteiger partial charge in [0, 0.05) is 18.2 Å². The van der Waals surface area contributed by atoms with Gasteiger partial charge in [0.1, 0.15) is 0 Å². The van der Waals surface area contributed by atoms with Crippen molar-refractivity contribution in [2.45, 2.75) is 13.0 Å². The molecule has 1 aromatic carbocycles. The zero-order valence-electron chi connectivity index (χ0n) is 8.07. The third kappa shape index (κ3) is 3.77. The molecule has 4 heteroatoms. The highest BCUT2D eigenvalue weighted by molar-refractivity contribution is 5.94. The van der Waals surface area contributed by atoms with E-state index in [2.05, 4.69) is 5.32 Å². The van der Waals surface area contributed by atoms with Gasteiger partial charge in [-0.2, -0.15) is 0 Å². The second-order valence-electron chi connectivity index (χ2n) is 2.98. The maximum atomic E-state index is 11.4. The highest BCUT2D eigenvalue weighted by Gasteiger charge is 2.06. The summed E-state index contributed by atoms with van der Waals surface area (Å²) in [6, 6.07) is 9.12. The number of nitrogens with one attached hydrogen (secondary N) is 1. The normalized spacial score (nSPS) is 11.3. The van der Waals surface area contributed by atoms with Crippen LogP contribution >= 0.6 is 12.4 Å². The average Bonchev–Trinajstić information content (AvgIpc) is 2.19. The number of benzene rings is 1. The maximum Gasteiger partial charge on any atom is 0.251 e. The Kier molecular flexibility index (Phi) is 5.92. The first-order chi connectivity index (χ1) is 6.24. The van der Waals surface area contributed by atoms with E-state index in [9.17, 15) is 4.79 Å². The minimum atomic E-state index is -0.0708. The van der Waals surface area contributed by atoms with Gasteiger partial charge in [0.2, 0.25) is 0 Å². The molecule has 0 aromatic heterocycles. The Morgan fingerprint density at radius 3 is 2.50 bits per heavy atom. The Labute approximate surface area is 90.1 Å². The molecule has 1 rings (SSSR count). The highest BCUT2D eigenvalue weighted by Crippen LogP contribution is 1.98. The lowest BCUT2D eigenvalue weighted by molar-refractivity contribution is 0.0941. The van der Waals surface area contributed by atoms with Crippen molar-refractivity contribution in [3.8, 4) is 0 Å². The monoisotopic (exact) mass is 214 g/mol. The summed E-state index contributed by atoms with van der Waals surface area (Å²) in [7, 11) is 0. The Morgan fingerprint density at radius 1 is 1.43 bits per heavy atom. The molecule has 0 heterocycles. The summed E-state index contributed by atoms with van der Waals surface area (Å²) < 4.78 is 0. The lowest BCUT2D eigenvalue weighted by Gasteiger charge is -2.10. The molecule has 78 valence electrons. The number of halogens is 1. The largest absolute Gasteiger partial charge is 0.348 e. The fourth-order valence-electron chi connectivity index (χ4n) is 0.956. The summed E-state index contributed by atoms with van der Waals surface area (Å²) in [5, 5.41) is 2.78. The molecule has 0 saturated heterocycles. The number of carbonyl (C=O) groups excluding carboxylic acids is 1. The summed E-state index contributed by atoms with van der Waals surface area (Å²) in [6.45, 7) is 2.33. The number of rotatable bonds is 3. The van der Waals surface area contributed by atoms with Crippen LogP contribution in [0.15, 0.2) is 30.3 Å². The van der Waals surface area contributed by atoms with E-state index in [1.165, 1.54) is 0 Å². The lowest BCUT2D eigenvalue weighted by Crippen LogP contribution is -2.37. The molecule has 0 aliphatic rings. The van der Waals surface area contributed by atoms with E-state index in [1.54, 1.807) is 12.1 Å². The van der Waals surface area contributed by atoms with Gasteiger partial charge < -0.3 is 11.1 Å². The summed E-state index contributed by atoms with van der Waals surface area (Å²) in [5.41, 5.74) is 6.05. The van der Waals surface area contributed by atoms with Crippen molar-refractivity contribution in [3.05, 3.63) is 35.9 Å². The number of hydrogen-bond acceptors (Lipinski definition) is 2. The SMILES string of the molecule is C[C@@H](CN)NC(=O)c1ccccc1.Cl. The van der Waals surface area contributed by atoms with E-state index < -0.39 is 0 Å². The van der Waals surface area contributed by atoms with Gasteiger partial charge in [-0.15, -0.1) is 12.4 Å². The first-order valence-corrected chi connectivity index (χ1v) is 4.30. The number of amides is 1. The van der Waals surface area contributed by atoms with Gasteiger partial charge in [0.05, 0.1) is 0 Å². The Balaban J connectivity index is 0.00000169. The van der Waals surface area contributed by atoms with Crippen molar-refractivity contribution < 1.29 is 4.79 Å². The average molecular weight is 215 g/mol. The van der Waals surface area contributed by atoms with E-state index >= 15 is 0 Å². The zero-order valence-corrected chi connectivity index (χ0v) is 8.88. The molecule has 3 N–H and O–H groups in total. The van der Waals surface area contributed by atoms with Crippen LogP contribution in [0.1, 0.15) is 17.3 Å². The molecule has 1 aromatic rings. The molecule has 14 heavy (non-hydrogen) atoms. The molecule has 0 saturated carbocycles. The van der Waals surface area contributed by atoms with Crippen LogP contribution in [0.2, 0.25) is 0 Å². The smallest absolute Gasteiger partial charge is 0.251 e. The summed E-state index contributed by atoms with van der Waals surface area (Å²) in [4.78, 5) is 11.4. The van der Waals surface area contributed by atoms with Gasteiger partial charge >= 0.3 is 0 Å². The second-order valence-corrected chi connectivity index (χ2v) is 2.98. The van der Waals surface area contributed by atoms with Crippen molar-refractivity contribution in [2.75, 3.05) is 6.54 Å². The summed E-state index contributed by atoms with van der Waals surface area (Å²) >= 11 is 0. The molecule has 0 bridgehead atoms. The van der Waals surface area contributed by atoms with Crippen LogP contribution in [-0.4, -0.2) is 18.5 Å². The third-order valence-corrected chi connectivity index (χ3v) is 1.77. The molecule has 0 aliphatic heterocycles. The van der Waals surface area contributed by atoms with Gasteiger partial charge in [0.15, 0.2) is 0 Å². The van der Waals surface area contributed by atoms with E-state index in [4.69, 9.17) is 5.73 Å². The van der Waals surface area contributed by atoms with Crippen molar-refractivity contribution in [1.29, 1.82) is 0 Å². The molecule has 0 fully saturated rings. The van der Waals surface area contributed by atoms with Gasteiger partial charge in [-0.05, 0) is 19.1 Å². The molecule has 0 aliphatic carbocycles. The van der Waals surface area contributed by atoms with Gasteiger partial charge in [-0.25, -0.2) is 0 Å². The fraction of sp³-hybridized carbons (Fsp3) is 0.300. The van der Waals surface area contributed by atoms with E-state index in [0.717, 1.165) is 0 Å². The molecule has 1 amide bonds. The topological polar surface area (TPSA) is 55.1 Å². The molecular formula is C10H15ClN2O. The second kappa shape index (κ2) is 6.40. The molecule has 1 atom stereocenters. The first-order valence-electron chi connectivity index (χ1n) is 4.30. The minimum absolute atomic E-state index is 0. The fourth-order valence-corrected chi connectivity index (χ4v) is 0.956. The van der Waals surface area contributed by atoms with E-state index in [1.807, 2.05) is 25.1 Å². The van der Waals surface area contributed by atoms with Crippen molar-refractivity contribution >= 4 is 18.3 Å². The Hall–Kier alpha value is -1.06. The van der Waals surface area contributed by atoms with Crippen LogP contribution < -0.4 is 11.1 Å². The molecular weight excluding hydrogens is 200 g/mol.